The molecule has 0 aliphatic rings. The first-order chi connectivity index (χ1) is 11.9. The number of fused-ring (bicyclic) bond motifs is 7. The Balaban J connectivity index is 0.000000280. The van der Waals surface area contributed by atoms with Gasteiger partial charge in [-0.3, -0.25) is 0 Å². The van der Waals surface area contributed by atoms with E-state index in [1.807, 2.05) is 22.7 Å². The predicted molar refractivity (Wildman–Crippen MR) is 87.9 cm³/mol. The molecule has 0 atom stereocenters. The molecule has 5 aromatic rings. The van der Waals surface area contributed by atoms with Crippen LogP contribution in [0.15, 0.2) is 59.6 Å². The molecule has 0 saturated carbocycles. The van der Waals surface area contributed by atoms with Gasteiger partial charge in [0.05, 0.1) is 5.39 Å². The molecular formula is C17H10ClNO4S2. The molecule has 4 heterocycles. The molecule has 0 aliphatic carbocycles. The third-order valence-corrected chi connectivity index (χ3v) is 5.72. The van der Waals surface area contributed by atoms with Gasteiger partial charge in [-0.15, -0.1) is 32.9 Å². The van der Waals surface area contributed by atoms with Gasteiger partial charge in [-0.05, 0) is 34.3 Å². The number of nitrogens with zero attached hydrogens (tertiary/aromatic N) is 1. The van der Waals surface area contributed by atoms with Gasteiger partial charge in [0.15, 0.2) is 12.4 Å². The van der Waals surface area contributed by atoms with Crippen LogP contribution in [0.3, 0.4) is 0 Å². The van der Waals surface area contributed by atoms with Gasteiger partial charge in [-0.1, -0.05) is 6.07 Å². The standard InChI is InChI=1S/C17H10NS2.ClHO4/c1-2-14-13(6-10-19-14)15-11(1)3-7-18-8-4-12-5-9-20-17(12)16(15)18;2-1(3,4)5/h1-10H;(H,2,3,4,5)/q+1;/p-1. The lowest BCUT2D eigenvalue weighted by Crippen LogP contribution is -2.68. The molecule has 0 radical (unpaired) electrons. The van der Waals surface area contributed by atoms with E-state index in [1.165, 1.54) is 36.5 Å². The Labute approximate surface area is 152 Å². The summed E-state index contributed by atoms with van der Waals surface area (Å²) in [5.74, 6) is 0. The Morgan fingerprint density at radius 3 is 2.20 bits per heavy atom. The van der Waals surface area contributed by atoms with Crippen LogP contribution >= 0.6 is 22.7 Å². The van der Waals surface area contributed by atoms with Crippen LogP contribution in [0.25, 0.3) is 36.5 Å². The van der Waals surface area contributed by atoms with Gasteiger partial charge in [0.25, 0.3) is 0 Å². The van der Waals surface area contributed by atoms with Crippen molar-refractivity contribution in [2.24, 2.45) is 0 Å². The first-order valence-electron chi connectivity index (χ1n) is 7.14. The molecule has 0 amide bonds. The summed E-state index contributed by atoms with van der Waals surface area (Å²) >= 11 is 3.64. The smallest absolute Gasteiger partial charge is 0.222 e. The van der Waals surface area contributed by atoms with Crippen LogP contribution in [0.5, 0.6) is 0 Å². The monoisotopic (exact) mass is 391 g/mol. The molecule has 5 rings (SSSR count). The lowest BCUT2D eigenvalue weighted by atomic mass is 10.1. The van der Waals surface area contributed by atoms with Gasteiger partial charge < -0.3 is 0 Å². The minimum atomic E-state index is -4.94. The maximum Gasteiger partial charge on any atom is 0.237 e. The van der Waals surface area contributed by atoms with E-state index in [0.29, 0.717) is 0 Å². The fraction of sp³-hybridized carbons (Fsp3) is 0. The van der Waals surface area contributed by atoms with Gasteiger partial charge in [0, 0.05) is 27.6 Å². The predicted octanol–water partition coefficient (Wildman–Crippen LogP) is 0.252. The van der Waals surface area contributed by atoms with Crippen LogP contribution in [-0.2, 0) is 0 Å². The molecule has 126 valence electrons. The quantitative estimate of drug-likeness (QED) is 0.279. The number of aromatic nitrogens is 1. The summed E-state index contributed by atoms with van der Waals surface area (Å²) in [5.41, 5.74) is 1.33. The van der Waals surface area contributed by atoms with E-state index in [2.05, 4.69) is 64.0 Å². The largest absolute Gasteiger partial charge is 0.237 e. The second-order valence-corrected chi connectivity index (χ2v) is 7.95. The van der Waals surface area contributed by atoms with E-state index >= 15 is 0 Å². The zero-order chi connectivity index (χ0) is 17.6. The highest BCUT2D eigenvalue weighted by atomic mass is 35.7. The van der Waals surface area contributed by atoms with Gasteiger partial charge in [-0.25, -0.2) is 18.6 Å². The van der Waals surface area contributed by atoms with Gasteiger partial charge in [-0.2, -0.15) is 4.40 Å². The Morgan fingerprint density at radius 2 is 1.44 bits per heavy atom. The van der Waals surface area contributed by atoms with Crippen molar-refractivity contribution in [3.63, 3.8) is 0 Å². The second kappa shape index (κ2) is 6.15. The number of rotatable bonds is 0. The SMILES string of the molecule is [O-][Cl+3]([O-])([O-])[O-].c1cc2c(ccc3cc[n+]4ccc5ccsc5c4c32)s1. The lowest BCUT2D eigenvalue weighted by Gasteiger charge is -2.17. The molecule has 0 unspecified atom stereocenters. The first-order valence-corrected chi connectivity index (χ1v) is 10.1. The van der Waals surface area contributed by atoms with E-state index < -0.39 is 10.2 Å². The van der Waals surface area contributed by atoms with Crippen molar-refractivity contribution in [2.45, 2.75) is 0 Å². The van der Waals surface area contributed by atoms with Gasteiger partial charge >= 0.3 is 0 Å². The number of pyridine rings is 2. The number of thiophene rings is 2. The molecule has 0 spiro atoms. The molecule has 0 N–H and O–H groups in total. The highest BCUT2D eigenvalue weighted by Crippen LogP contribution is 2.34. The zero-order valence-corrected chi connectivity index (χ0v) is 14.9. The van der Waals surface area contributed by atoms with Crippen molar-refractivity contribution in [2.75, 3.05) is 0 Å². The number of hydrogen-bond acceptors (Lipinski definition) is 6. The van der Waals surface area contributed by atoms with Crippen LogP contribution in [0.1, 0.15) is 0 Å². The Kier molecular flexibility index (Phi) is 4.09. The highest BCUT2D eigenvalue weighted by Gasteiger charge is 2.15. The number of halogens is 1. The van der Waals surface area contributed by atoms with Crippen molar-refractivity contribution >= 4 is 59.1 Å². The summed E-state index contributed by atoms with van der Waals surface area (Å²) in [4.78, 5) is 0. The Bertz CT molecular complexity index is 1110. The molecular weight excluding hydrogens is 382 g/mol. The summed E-state index contributed by atoms with van der Waals surface area (Å²) in [6.07, 6.45) is 4.32. The van der Waals surface area contributed by atoms with E-state index in [9.17, 15) is 0 Å². The van der Waals surface area contributed by atoms with Gasteiger partial charge in [0.1, 0.15) is 4.70 Å². The zero-order valence-electron chi connectivity index (χ0n) is 12.5. The maximum absolute atomic E-state index is 8.49. The Morgan fingerprint density at radius 1 is 0.760 bits per heavy atom. The second-order valence-electron chi connectivity index (χ2n) is 5.33. The third kappa shape index (κ3) is 3.19. The molecule has 0 saturated heterocycles. The minimum Gasteiger partial charge on any atom is -0.222 e. The molecule has 0 bridgehead atoms. The number of hydrogen-bond donors (Lipinski definition) is 0. The summed E-state index contributed by atoms with van der Waals surface area (Å²) in [6, 6.07) is 13.3. The molecule has 8 heteroatoms. The normalized spacial score (nSPS) is 12.0. The summed E-state index contributed by atoms with van der Waals surface area (Å²) in [6.45, 7) is 0. The van der Waals surface area contributed by atoms with Crippen molar-refractivity contribution in [1.29, 1.82) is 0 Å². The third-order valence-electron chi connectivity index (χ3n) is 3.90. The summed E-state index contributed by atoms with van der Waals surface area (Å²) < 4.78 is 39.0. The van der Waals surface area contributed by atoms with Gasteiger partial charge in [0.2, 0.25) is 5.52 Å². The van der Waals surface area contributed by atoms with Crippen molar-refractivity contribution in [3.8, 4) is 0 Å². The topological polar surface area (TPSA) is 96.3 Å². The van der Waals surface area contributed by atoms with Crippen LogP contribution in [0, 0.1) is 10.2 Å². The van der Waals surface area contributed by atoms with Crippen LogP contribution in [-0.4, -0.2) is 0 Å². The molecule has 1 aromatic carbocycles. The summed E-state index contributed by atoms with van der Waals surface area (Å²) in [5, 5.41) is 9.75. The maximum atomic E-state index is 8.49. The van der Waals surface area contributed by atoms with Crippen LogP contribution in [0.2, 0.25) is 0 Å². The summed E-state index contributed by atoms with van der Waals surface area (Å²) in [7, 11) is -4.94. The highest BCUT2D eigenvalue weighted by molar-refractivity contribution is 7.18. The van der Waals surface area contributed by atoms with Crippen molar-refractivity contribution < 1.29 is 33.3 Å². The first kappa shape index (κ1) is 16.6. The molecule has 0 fully saturated rings. The lowest BCUT2D eigenvalue weighted by molar-refractivity contribution is -2.00. The fourth-order valence-electron chi connectivity index (χ4n) is 2.99. The molecule has 25 heavy (non-hydrogen) atoms. The van der Waals surface area contributed by atoms with Crippen LogP contribution in [0.4, 0.5) is 0 Å². The number of benzene rings is 1. The molecule has 5 nitrogen and oxygen atoms in total. The average Bonchev–Trinajstić information content (AvgIpc) is 3.21. The van der Waals surface area contributed by atoms with Crippen LogP contribution < -0.4 is 23.0 Å². The fourth-order valence-corrected chi connectivity index (χ4v) is 4.72. The van der Waals surface area contributed by atoms with E-state index in [-0.39, 0.29) is 0 Å². The van der Waals surface area contributed by atoms with E-state index in [1.54, 1.807) is 0 Å². The molecule has 0 aliphatic heterocycles. The van der Waals surface area contributed by atoms with E-state index in [0.717, 1.165) is 0 Å². The van der Waals surface area contributed by atoms with Crippen molar-refractivity contribution in [1.82, 2.24) is 0 Å². The molecule has 4 aromatic heterocycles. The van der Waals surface area contributed by atoms with E-state index in [4.69, 9.17) is 18.6 Å². The average molecular weight is 392 g/mol. The Hall–Kier alpha value is -1.84. The minimum absolute atomic E-state index is 1.32. The van der Waals surface area contributed by atoms with Crippen molar-refractivity contribution in [3.05, 3.63) is 59.6 Å².